The molecule has 0 spiro atoms. The smallest absolute Gasteiger partial charge is 0.420 e. The van der Waals surface area contributed by atoms with Crippen molar-refractivity contribution in [2.24, 2.45) is 0 Å². The highest BCUT2D eigenvalue weighted by Crippen LogP contribution is 2.29. The first kappa shape index (κ1) is 18.4. The van der Waals surface area contributed by atoms with Crippen molar-refractivity contribution in [3.8, 4) is 17.1 Å². The predicted octanol–water partition coefficient (Wildman–Crippen LogP) is 4.40. The summed E-state index contributed by atoms with van der Waals surface area (Å²) in [5, 5.41) is 11.1. The van der Waals surface area contributed by atoms with Gasteiger partial charge >= 0.3 is 6.09 Å². The minimum absolute atomic E-state index is 0.131. The fraction of sp³-hybridized carbons (Fsp3) is 0.263. The number of nitrogens with zero attached hydrogens (tertiary/aromatic N) is 3. The summed E-state index contributed by atoms with van der Waals surface area (Å²) in [6, 6.07) is 11.2. The number of non-ortho nitro benzene ring substituents is 1. The van der Waals surface area contributed by atoms with Gasteiger partial charge in [-0.1, -0.05) is 0 Å². The summed E-state index contributed by atoms with van der Waals surface area (Å²) >= 11 is 0. The molecule has 0 amide bonds. The van der Waals surface area contributed by atoms with E-state index in [0.29, 0.717) is 28.2 Å². The lowest BCUT2D eigenvalue weighted by Gasteiger charge is -2.20. The molecule has 140 valence electrons. The molecule has 0 bridgehead atoms. The number of fused-ring (bicyclic) bond motifs is 1. The first-order valence-electron chi connectivity index (χ1n) is 8.24. The maximum Gasteiger partial charge on any atom is 0.420 e. The van der Waals surface area contributed by atoms with Gasteiger partial charge in [-0.05, 0) is 51.1 Å². The number of rotatable bonds is 3. The van der Waals surface area contributed by atoms with Crippen molar-refractivity contribution in [2.75, 3.05) is 7.11 Å². The first-order chi connectivity index (χ1) is 12.7. The summed E-state index contributed by atoms with van der Waals surface area (Å²) < 4.78 is 11.9. The van der Waals surface area contributed by atoms with Crippen molar-refractivity contribution >= 4 is 22.8 Å². The van der Waals surface area contributed by atoms with Crippen molar-refractivity contribution in [3.63, 3.8) is 0 Å². The van der Waals surface area contributed by atoms with Crippen LogP contribution in [0.1, 0.15) is 20.8 Å². The second-order valence-corrected chi connectivity index (χ2v) is 6.91. The van der Waals surface area contributed by atoms with Crippen LogP contribution in [-0.2, 0) is 4.74 Å². The number of benzene rings is 2. The number of nitro groups is 1. The Bertz CT molecular complexity index is 1020. The Labute approximate surface area is 155 Å². The number of aromatic nitrogens is 2. The van der Waals surface area contributed by atoms with Crippen LogP contribution >= 0.6 is 0 Å². The molecule has 1 aromatic heterocycles. The molecule has 0 N–H and O–H groups in total. The van der Waals surface area contributed by atoms with Gasteiger partial charge in [0.05, 0.1) is 23.1 Å². The summed E-state index contributed by atoms with van der Waals surface area (Å²) in [5.41, 5.74) is 0.557. The molecular formula is C19H19N3O5. The van der Waals surface area contributed by atoms with Gasteiger partial charge in [-0.25, -0.2) is 14.3 Å². The van der Waals surface area contributed by atoms with Gasteiger partial charge in [0.1, 0.15) is 11.4 Å². The number of hydrogen-bond donors (Lipinski definition) is 0. The van der Waals surface area contributed by atoms with E-state index in [0.717, 1.165) is 0 Å². The van der Waals surface area contributed by atoms with E-state index in [9.17, 15) is 14.9 Å². The van der Waals surface area contributed by atoms with Crippen LogP contribution in [0.25, 0.3) is 22.4 Å². The molecule has 0 aliphatic carbocycles. The van der Waals surface area contributed by atoms with Crippen LogP contribution in [0.5, 0.6) is 5.75 Å². The van der Waals surface area contributed by atoms with Crippen molar-refractivity contribution < 1.29 is 19.2 Å². The molecule has 27 heavy (non-hydrogen) atoms. The van der Waals surface area contributed by atoms with Crippen LogP contribution in [0, 0.1) is 10.1 Å². The lowest BCUT2D eigenvalue weighted by molar-refractivity contribution is -0.384. The molecule has 0 unspecified atom stereocenters. The van der Waals surface area contributed by atoms with E-state index in [1.807, 2.05) is 0 Å². The molecular weight excluding hydrogens is 350 g/mol. The maximum atomic E-state index is 12.8. The SMILES string of the molecule is COc1ccc(-c2nc3ccc([N+](=O)[O-])cc3n2C(=O)OC(C)(C)C)cc1. The molecule has 0 radical (unpaired) electrons. The molecule has 0 saturated heterocycles. The number of carbonyl (C=O) groups excluding carboxylic acids is 1. The molecule has 2 aromatic carbocycles. The standard InChI is InChI=1S/C19H19N3O5/c1-19(2,3)27-18(23)21-16-11-13(22(24)25)7-10-15(16)20-17(21)12-5-8-14(26-4)9-6-12/h5-11H,1-4H3. The summed E-state index contributed by atoms with van der Waals surface area (Å²) in [6.45, 7) is 5.25. The normalized spacial score (nSPS) is 11.4. The van der Waals surface area contributed by atoms with E-state index < -0.39 is 16.6 Å². The van der Waals surface area contributed by atoms with E-state index in [2.05, 4.69) is 4.98 Å². The second kappa shape index (κ2) is 6.71. The Morgan fingerprint density at radius 3 is 2.37 bits per heavy atom. The van der Waals surface area contributed by atoms with Gasteiger partial charge in [0.15, 0.2) is 5.82 Å². The number of imidazole rings is 1. The summed E-state index contributed by atoms with van der Waals surface area (Å²) in [5.74, 6) is 0.997. The molecule has 0 saturated carbocycles. The highest BCUT2D eigenvalue weighted by atomic mass is 16.6. The minimum Gasteiger partial charge on any atom is -0.497 e. The maximum absolute atomic E-state index is 12.8. The minimum atomic E-state index is -0.731. The van der Waals surface area contributed by atoms with E-state index in [-0.39, 0.29) is 5.69 Å². The van der Waals surface area contributed by atoms with E-state index in [1.54, 1.807) is 52.1 Å². The molecule has 0 aliphatic heterocycles. The zero-order valence-corrected chi connectivity index (χ0v) is 15.4. The van der Waals surface area contributed by atoms with E-state index in [4.69, 9.17) is 9.47 Å². The van der Waals surface area contributed by atoms with Crippen molar-refractivity contribution in [2.45, 2.75) is 26.4 Å². The average molecular weight is 369 g/mol. The van der Waals surface area contributed by atoms with Crippen molar-refractivity contribution in [1.82, 2.24) is 9.55 Å². The van der Waals surface area contributed by atoms with Gasteiger partial charge in [0.25, 0.3) is 5.69 Å². The van der Waals surface area contributed by atoms with Gasteiger partial charge in [-0.15, -0.1) is 0 Å². The van der Waals surface area contributed by atoms with Crippen LogP contribution in [-0.4, -0.2) is 33.3 Å². The molecule has 0 fully saturated rings. The third kappa shape index (κ3) is 3.74. The lowest BCUT2D eigenvalue weighted by Crippen LogP contribution is -2.27. The number of hydrogen-bond acceptors (Lipinski definition) is 6. The van der Waals surface area contributed by atoms with Crippen LogP contribution in [0.15, 0.2) is 42.5 Å². The Morgan fingerprint density at radius 1 is 1.15 bits per heavy atom. The zero-order valence-electron chi connectivity index (χ0n) is 15.4. The van der Waals surface area contributed by atoms with Gasteiger partial charge in [-0.2, -0.15) is 0 Å². The van der Waals surface area contributed by atoms with Gasteiger partial charge in [-0.3, -0.25) is 10.1 Å². The number of carbonyl (C=O) groups is 1. The van der Waals surface area contributed by atoms with Gasteiger partial charge in [0, 0.05) is 17.7 Å². The molecule has 3 aromatic rings. The summed E-state index contributed by atoms with van der Waals surface area (Å²) in [7, 11) is 1.56. The van der Waals surface area contributed by atoms with E-state index >= 15 is 0 Å². The van der Waals surface area contributed by atoms with Gasteiger partial charge < -0.3 is 9.47 Å². The average Bonchev–Trinajstić information content (AvgIpc) is 2.99. The Kier molecular flexibility index (Phi) is 4.57. The second-order valence-electron chi connectivity index (χ2n) is 6.91. The van der Waals surface area contributed by atoms with Crippen LogP contribution < -0.4 is 4.74 Å². The molecule has 0 atom stereocenters. The largest absolute Gasteiger partial charge is 0.497 e. The summed E-state index contributed by atoms with van der Waals surface area (Å²) in [6.07, 6.45) is -0.656. The molecule has 8 nitrogen and oxygen atoms in total. The Morgan fingerprint density at radius 2 is 1.81 bits per heavy atom. The highest BCUT2D eigenvalue weighted by Gasteiger charge is 2.25. The Balaban J connectivity index is 2.23. The first-order valence-corrected chi connectivity index (χ1v) is 8.24. The van der Waals surface area contributed by atoms with E-state index in [1.165, 1.54) is 22.8 Å². The predicted molar refractivity (Wildman–Crippen MR) is 100 cm³/mol. The number of nitro benzene ring substituents is 1. The third-order valence-corrected chi connectivity index (χ3v) is 3.77. The topological polar surface area (TPSA) is 96.5 Å². The van der Waals surface area contributed by atoms with Crippen LogP contribution in [0.2, 0.25) is 0 Å². The summed E-state index contributed by atoms with van der Waals surface area (Å²) in [4.78, 5) is 28.0. The van der Waals surface area contributed by atoms with Gasteiger partial charge in [0.2, 0.25) is 0 Å². The Hall–Kier alpha value is -3.42. The molecule has 1 heterocycles. The fourth-order valence-corrected chi connectivity index (χ4v) is 2.60. The fourth-order valence-electron chi connectivity index (χ4n) is 2.60. The molecule has 3 rings (SSSR count). The zero-order chi connectivity index (χ0) is 19.8. The lowest BCUT2D eigenvalue weighted by atomic mass is 10.2. The van der Waals surface area contributed by atoms with Crippen molar-refractivity contribution in [3.05, 3.63) is 52.6 Å². The highest BCUT2D eigenvalue weighted by molar-refractivity contribution is 5.93. The monoisotopic (exact) mass is 369 g/mol. The number of ether oxygens (including phenoxy) is 2. The number of methoxy groups -OCH3 is 1. The van der Waals surface area contributed by atoms with Crippen LogP contribution in [0.4, 0.5) is 10.5 Å². The van der Waals surface area contributed by atoms with Crippen LogP contribution in [0.3, 0.4) is 0 Å². The van der Waals surface area contributed by atoms with Crippen molar-refractivity contribution in [1.29, 1.82) is 0 Å². The third-order valence-electron chi connectivity index (χ3n) is 3.77. The quantitative estimate of drug-likeness (QED) is 0.501. The molecule has 8 heteroatoms. The molecule has 0 aliphatic rings.